The maximum absolute atomic E-state index is 11.7. The van der Waals surface area contributed by atoms with Gasteiger partial charge >= 0.3 is 0 Å². The molecule has 1 fully saturated rings. The Balaban J connectivity index is 2.16. The zero-order valence-electron chi connectivity index (χ0n) is 8.29. The molecule has 1 aromatic heterocycles. The summed E-state index contributed by atoms with van der Waals surface area (Å²) in [4.78, 5) is 12.8. The summed E-state index contributed by atoms with van der Waals surface area (Å²) in [7, 11) is 1.66. The highest BCUT2D eigenvalue weighted by molar-refractivity contribution is 7.14. The predicted octanol–water partition coefficient (Wildman–Crippen LogP) is 2.98. The van der Waals surface area contributed by atoms with E-state index in [4.69, 9.17) is 4.74 Å². The van der Waals surface area contributed by atoms with Gasteiger partial charge in [0.1, 0.15) is 5.78 Å². The van der Waals surface area contributed by atoms with Crippen molar-refractivity contribution in [3.05, 3.63) is 17.0 Å². The average molecular weight is 210 g/mol. The van der Waals surface area contributed by atoms with Crippen LogP contribution in [0.25, 0.3) is 0 Å². The van der Waals surface area contributed by atoms with Gasteiger partial charge < -0.3 is 4.74 Å². The van der Waals surface area contributed by atoms with Gasteiger partial charge in [0.05, 0.1) is 13.0 Å². The average Bonchev–Trinajstić information content (AvgIpc) is 2.67. The van der Waals surface area contributed by atoms with Gasteiger partial charge in [-0.25, -0.2) is 0 Å². The van der Waals surface area contributed by atoms with Crippen LogP contribution in [0.5, 0.6) is 5.06 Å². The third-order valence-corrected chi connectivity index (χ3v) is 3.86. The fraction of sp³-hybridized carbons (Fsp3) is 0.545. The van der Waals surface area contributed by atoms with E-state index in [2.05, 4.69) is 0 Å². The van der Waals surface area contributed by atoms with Crippen molar-refractivity contribution < 1.29 is 9.53 Å². The lowest BCUT2D eigenvalue weighted by Gasteiger charge is -2.18. The van der Waals surface area contributed by atoms with Crippen LogP contribution >= 0.6 is 11.3 Å². The van der Waals surface area contributed by atoms with E-state index >= 15 is 0 Å². The van der Waals surface area contributed by atoms with Crippen LogP contribution in [0, 0.1) is 0 Å². The Hall–Kier alpha value is -0.830. The molecule has 0 saturated heterocycles. The number of thiophene rings is 1. The van der Waals surface area contributed by atoms with Crippen molar-refractivity contribution in [2.24, 2.45) is 0 Å². The molecule has 1 unspecified atom stereocenters. The third-order valence-electron chi connectivity index (χ3n) is 2.70. The molecule has 76 valence electrons. The van der Waals surface area contributed by atoms with E-state index < -0.39 is 0 Å². The van der Waals surface area contributed by atoms with Crippen molar-refractivity contribution >= 4 is 17.1 Å². The highest BCUT2D eigenvalue weighted by Crippen LogP contribution is 2.36. The second-order valence-electron chi connectivity index (χ2n) is 3.63. The Morgan fingerprint density at radius 2 is 2.29 bits per heavy atom. The summed E-state index contributed by atoms with van der Waals surface area (Å²) < 4.78 is 5.13. The van der Waals surface area contributed by atoms with Gasteiger partial charge in [0.15, 0.2) is 5.06 Å². The summed E-state index contributed by atoms with van der Waals surface area (Å²) in [6, 6.07) is 3.97. The first-order valence-corrected chi connectivity index (χ1v) is 5.79. The molecule has 1 aromatic rings. The van der Waals surface area contributed by atoms with E-state index in [1.54, 1.807) is 18.4 Å². The first-order chi connectivity index (χ1) is 6.81. The molecule has 0 spiro atoms. The topological polar surface area (TPSA) is 26.3 Å². The molecule has 0 aliphatic heterocycles. The minimum atomic E-state index is 0.151. The Bertz CT molecular complexity index is 330. The largest absolute Gasteiger partial charge is 0.487 e. The van der Waals surface area contributed by atoms with Crippen molar-refractivity contribution in [2.45, 2.75) is 31.6 Å². The van der Waals surface area contributed by atoms with E-state index in [1.165, 1.54) is 11.3 Å². The molecule has 0 N–H and O–H groups in total. The summed E-state index contributed by atoms with van der Waals surface area (Å²) in [6.45, 7) is 0. The molecule has 1 atom stereocenters. The number of ketones is 1. The molecule has 0 amide bonds. The van der Waals surface area contributed by atoms with Crippen LogP contribution in [0.2, 0.25) is 0 Å². The highest BCUT2D eigenvalue weighted by atomic mass is 32.1. The molecule has 1 aliphatic carbocycles. The quantitative estimate of drug-likeness (QED) is 0.750. The first kappa shape index (κ1) is 9.71. The lowest BCUT2D eigenvalue weighted by Crippen LogP contribution is -2.15. The van der Waals surface area contributed by atoms with Crippen LogP contribution in [0.1, 0.15) is 36.5 Å². The summed E-state index contributed by atoms with van der Waals surface area (Å²) in [5.74, 6) is 0.554. The molecule has 14 heavy (non-hydrogen) atoms. The number of hydrogen-bond acceptors (Lipinski definition) is 3. The van der Waals surface area contributed by atoms with Gasteiger partial charge in [-0.3, -0.25) is 4.79 Å². The molecule has 0 bridgehead atoms. The zero-order chi connectivity index (χ0) is 9.97. The lowest BCUT2D eigenvalue weighted by molar-refractivity contribution is -0.121. The van der Waals surface area contributed by atoms with Gasteiger partial charge in [-0.05, 0) is 25.0 Å². The second kappa shape index (κ2) is 4.13. The maximum atomic E-state index is 11.7. The van der Waals surface area contributed by atoms with E-state index in [0.717, 1.165) is 24.3 Å². The molecular formula is C11H14O2S. The van der Waals surface area contributed by atoms with Crippen molar-refractivity contribution in [3.8, 4) is 5.06 Å². The minimum absolute atomic E-state index is 0.151. The van der Waals surface area contributed by atoms with Crippen LogP contribution in [0.3, 0.4) is 0 Å². The van der Waals surface area contributed by atoms with E-state index in [-0.39, 0.29) is 5.92 Å². The monoisotopic (exact) mass is 210 g/mol. The smallest absolute Gasteiger partial charge is 0.173 e. The third kappa shape index (κ3) is 1.82. The molecule has 2 nitrogen and oxygen atoms in total. The van der Waals surface area contributed by atoms with E-state index in [1.807, 2.05) is 12.1 Å². The Labute approximate surface area is 87.9 Å². The standard InChI is InChI=1S/C11H14O2S/c1-13-11-7-6-10(14-11)8-4-2-3-5-9(8)12/h6-8H,2-5H2,1H3. The van der Waals surface area contributed by atoms with Crippen molar-refractivity contribution in [2.75, 3.05) is 7.11 Å². The second-order valence-corrected chi connectivity index (χ2v) is 4.70. The number of carbonyl (C=O) groups is 1. The van der Waals surface area contributed by atoms with Crippen LogP contribution in [0.4, 0.5) is 0 Å². The van der Waals surface area contributed by atoms with Crippen LogP contribution < -0.4 is 4.74 Å². The summed E-state index contributed by atoms with van der Waals surface area (Å²) in [5, 5.41) is 0.901. The summed E-state index contributed by atoms with van der Waals surface area (Å²) in [6.07, 6.45) is 4.02. The molecule has 1 aliphatic rings. The van der Waals surface area contributed by atoms with Gasteiger partial charge in [-0.1, -0.05) is 6.42 Å². The number of Topliss-reactive ketones (excluding diaryl/α,β-unsaturated/α-hetero) is 1. The zero-order valence-corrected chi connectivity index (χ0v) is 9.10. The lowest BCUT2D eigenvalue weighted by atomic mass is 9.87. The molecule has 3 heteroatoms. The Kier molecular flexibility index (Phi) is 2.87. The molecule has 0 aromatic carbocycles. The normalized spacial score (nSPS) is 22.4. The number of rotatable bonds is 2. The minimum Gasteiger partial charge on any atom is -0.487 e. The summed E-state index contributed by atoms with van der Waals surface area (Å²) in [5.41, 5.74) is 0. The predicted molar refractivity (Wildman–Crippen MR) is 57.1 cm³/mol. The summed E-state index contributed by atoms with van der Waals surface area (Å²) >= 11 is 1.60. The Morgan fingerprint density at radius 1 is 1.43 bits per heavy atom. The van der Waals surface area contributed by atoms with E-state index in [0.29, 0.717) is 5.78 Å². The van der Waals surface area contributed by atoms with E-state index in [9.17, 15) is 4.79 Å². The van der Waals surface area contributed by atoms with Gasteiger partial charge in [0.2, 0.25) is 0 Å². The van der Waals surface area contributed by atoms with Gasteiger partial charge in [0.25, 0.3) is 0 Å². The van der Waals surface area contributed by atoms with Crippen molar-refractivity contribution in [3.63, 3.8) is 0 Å². The van der Waals surface area contributed by atoms with Gasteiger partial charge in [-0.2, -0.15) is 0 Å². The molecule has 1 heterocycles. The first-order valence-electron chi connectivity index (χ1n) is 4.97. The van der Waals surface area contributed by atoms with Crippen LogP contribution in [-0.2, 0) is 4.79 Å². The fourth-order valence-corrected chi connectivity index (χ4v) is 2.89. The molecular weight excluding hydrogens is 196 g/mol. The molecule has 2 rings (SSSR count). The van der Waals surface area contributed by atoms with Gasteiger partial charge in [0, 0.05) is 11.3 Å². The molecule has 1 saturated carbocycles. The van der Waals surface area contributed by atoms with Gasteiger partial charge in [-0.15, -0.1) is 11.3 Å². The number of ether oxygens (including phenoxy) is 1. The van der Waals surface area contributed by atoms with Crippen molar-refractivity contribution in [1.82, 2.24) is 0 Å². The van der Waals surface area contributed by atoms with Crippen molar-refractivity contribution in [1.29, 1.82) is 0 Å². The number of hydrogen-bond donors (Lipinski definition) is 0. The SMILES string of the molecule is COc1ccc(C2CCCCC2=O)s1. The number of methoxy groups -OCH3 is 1. The molecule has 0 radical (unpaired) electrons. The van der Waals surface area contributed by atoms with Crippen LogP contribution in [0.15, 0.2) is 12.1 Å². The maximum Gasteiger partial charge on any atom is 0.173 e. The Morgan fingerprint density at radius 3 is 2.93 bits per heavy atom. The highest BCUT2D eigenvalue weighted by Gasteiger charge is 2.25. The fourth-order valence-electron chi connectivity index (χ4n) is 1.92. The van der Waals surface area contributed by atoms with Crippen LogP contribution in [-0.4, -0.2) is 12.9 Å². The number of carbonyl (C=O) groups excluding carboxylic acids is 1.